The zero-order valence-electron chi connectivity index (χ0n) is 14.5. The van der Waals surface area contributed by atoms with Gasteiger partial charge in [-0.2, -0.15) is 0 Å². The van der Waals surface area contributed by atoms with Gasteiger partial charge in [-0.15, -0.1) is 0 Å². The minimum atomic E-state index is -0.631. The number of benzene rings is 1. The summed E-state index contributed by atoms with van der Waals surface area (Å²) in [6, 6.07) is 10.8. The summed E-state index contributed by atoms with van der Waals surface area (Å²) in [6.07, 6.45) is 1.11. The summed E-state index contributed by atoms with van der Waals surface area (Å²) in [4.78, 5) is 41.7. The number of carbonyl (C=O) groups excluding carboxylic acids is 3. The fourth-order valence-corrected chi connectivity index (χ4v) is 3.00. The maximum Gasteiger partial charge on any atom is 0.357 e. The van der Waals surface area contributed by atoms with Crippen molar-refractivity contribution in [3.8, 4) is 0 Å². The molecule has 0 radical (unpaired) electrons. The molecule has 0 unspecified atom stereocenters. The molecule has 26 heavy (non-hydrogen) atoms. The Morgan fingerprint density at radius 1 is 1.12 bits per heavy atom. The average Bonchev–Trinajstić information content (AvgIpc) is 2.70. The molecule has 7 heteroatoms. The van der Waals surface area contributed by atoms with Crippen molar-refractivity contribution in [3.05, 3.63) is 42.1 Å². The zero-order chi connectivity index (χ0) is 18.5. The van der Waals surface area contributed by atoms with Gasteiger partial charge in [0, 0.05) is 18.5 Å². The van der Waals surface area contributed by atoms with Crippen LogP contribution in [0.5, 0.6) is 0 Å². The molecule has 136 valence electrons. The van der Waals surface area contributed by atoms with E-state index < -0.39 is 5.97 Å². The maximum absolute atomic E-state index is 12.2. The Balaban J connectivity index is 1.52. The largest absolute Gasteiger partial charge is 0.469 e. The first-order chi connectivity index (χ1) is 12.6. The second-order valence-electron chi connectivity index (χ2n) is 6.14. The van der Waals surface area contributed by atoms with Crippen molar-refractivity contribution < 1.29 is 23.9 Å². The Labute approximate surface area is 150 Å². The van der Waals surface area contributed by atoms with E-state index in [1.54, 1.807) is 17.0 Å². The fourth-order valence-electron chi connectivity index (χ4n) is 3.00. The van der Waals surface area contributed by atoms with Gasteiger partial charge in [-0.3, -0.25) is 9.59 Å². The first kappa shape index (κ1) is 17.8. The second-order valence-corrected chi connectivity index (χ2v) is 6.14. The van der Waals surface area contributed by atoms with Crippen molar-refractivity contribution in [3.63, 3.8) is 0 Å². The third-order valence-corrected chi connectivity index (χ3v) is 4.52. The molecule has 2 heterocycles. The van der Waals surface area contributed by atoms with Gasteiger partial charge >= 0.3 is 11.9 Å². The molecule has 0 spiro atoms. The van der Waals surface area contributed by atoms with Crippen LogP contribution in [0.15, 0.2) is 36.4 Å². The average molecular weight is 356 g/mol. The number of methoxy groups -OCH3 is 1. The van der Waals surface area contributed by atoms with Crippen molar-refractivity contribution in [2.45, 2.75) is 12.8 Å². The summed E-state index contributed by atoms with van der Waals surface area (Å²) in [7, 11) is 1.36. The van der Waals surface area contributed by atoms with E-state index in [1.165, 1.54) is 7.11 Å². The van der Waals surface area contributed by atoms with Gasteiger partial charge < -0.3 is 14.4 Å². The molecule has 1 fully saturated rings. The number of pyridine rings is 1. The van der Waals surface area contributed by atoms with Crippen molar-refractivity contribution in [2.24, 2.45) is 5.92 Å². The van der Waals surface area contributed by atoms with Gasteiger partial charge in [-0.25, -0.2) is 9.78 Å². The number of esters is 2. The molecule has 0 N–H and O–H groups in total. The van der Waals surface area contributed by atoms with E-state index in [2.05, 4.69) is 4.98 Å². The first-order valence-electron chi connectivity index (χ1n) is 8.47. The van der Waals surface area contributed by atoms with Crippen LogP contribution in [0.25, 0.3) is 10.9 Å². The van der Waals surface area contributed by atoms with E-state index in [0.717, 1.165) is 5.39 Å². The van der Waals surface area contributed by atoms with Gasteiger partial charge in [0.2, 0.25) is 0 Å². The molecule has 0 atom stereocenters. The van der Waals surface area contributed by atoms with E-state index >= 15 is 0 Å². The Morgan fingerprint density at radius 3 is 2.58 bits per heavy atom. The molecule has 1 amide bonds. The molecule has 0 aliphatic carbocycles. The monoisotopic (exact) mass is 356 g/mol. The van der Waals surface area contributed by atoms with E-state index in [1.807, 2.05) is 24.3 Å². The smallest absolute Gasteiger partial charge is 0.357 e. The summed E-state index contributed by atoms with van der Waals surface area (Å²) in [5.74, 6) is -1.32. The van der Waals surface area contributed by atoms with Crippen molar-refractivity contribution in [1.29, 1.82) is 0 Å². The minimum Gasteiger partial charge on any atom is -0.469 e. The van der Waals surface area contributed by atoms with Crippen LogP contribution in [0.4, 0.5) is 0 Å². The van der Waals surface area contributed by atoms with Crippen LogP contribution in [0.1, 0.15) is 23.3 Å². The van der Waals surface area contributed by atoms with E-state index in [4.69, 9.17) is 9.47 Å². The number of ether oxygens (including phenoxy) is 2. The van der Waals surface area contributed by atoms with Gasteiger partial charge in [0.1, 0.15) is 5.69 Å². The Morgan fingerprint density at radius 2 is 1.85 bits per heavy atom. The summed E-state index contributed by atoms with van der Waals surface area (Å²) in [5.41, 5.74) is 0.860. The quantitative estimate of drug-likeness (QED) is 0.777. The number of piperidine rings is 1. The third kappa shape index (κ3) is 3.99. The molecule has 1 aliphatic heterocycles. The Bertz CT molecular complexity index is 828. The normalized spacial score (nSPS) is 14.9. The Hall–Kier alpha value is -2.96. The molecule has 1 saturated heterocycles. The highest BCUT2D eigenvalue weighted by molar-refractivity contribution is 5.92. The van der Waals surface area contributed by atoms with Crippen LogP contribution in [0.3, 0.4) is 0 Å². The topological polar surface area (TPSA) is 85.8 Å². The van der Waals surface area contributed by atoms with Crippen LogP contribution < -0.4 is 0 Å². The van der Waals surface area contributed by atoms with Crippen molar-refractivity contribution in [1.82, 2.24) is 9.88 Å². The zero-order valence-corrected chi connectivity index (χ0v) is 14.5. The first-order valence-corrected chi connectivity index (χ1v) is 8.47. The fraction of sp³-hybridized carbons (Fsp3) is 0.368. The number of likely N-dealkylation sites (tertiary alicyclic amines) is 1. The summed E-state index contributed by atoms with van der Waals surface area (Å²) in [6.45, 7) is 0.560. The van der Waals surface area contributed by atoms with E-state index in [9.17, 15) is 14.4 Å². The van der Waals surface area contributed by atoms with Gasteiger partial charge in [0.25, 0.3) is 5.91 Å². The molecule has 1 aliphatic rings. The van der Waals surface area contributed by atoms with Crippen molar-refractivity contribution in [2.75, 3.05) is 26.8 Å². The molecule has 1 aromatic carbocycles. The molecule has 7 nitrogen and oxygen atoms in total. The van der Waals surface area contributed by atoms with E-state index in [-0.39, 0.29) is 30.1 Å². The molecule has 2 aromatic rings. The van der Waals surface area contributed by atoms with Crippen molar-refractivity contribution >= 4 is 28.7 Å². The Kier molecular flexibility index (Phi) is 5.46. The lowest BCUT2D eigenvalue weighted by Crippen LogP contribution is -2.42. The number of nitrogens with zero attached hydrogens (tertiary/aromatic N) is 2. The van der Waals surface area contributed by atoms with E-state index in [0.29, 0.717) is 31.4 Å². The number of rotatable bonds is 4. The van der Waals surface area contributed by atoms with Gasteiger partial charge in [0.15, 0.2) is 6.61 Å². The van der Waals surface area contributed by atoms with Crippen LogP contribution in [-0.4, -0.2) is 54.5 Å². The van der Waals surface area contributed by atoms with Crippen LogP contribution in [0, 0.1) is 5.92 Å². The number of hydrogen-bond acceptors (Lipinski definition) is 6. The summed E-state index contributed by atoms with van der Waals surface area (Å²) < 4.78 is 9.83. The summed E-state index contributed by atoms with van der Waals surface area (Å²) in [5, 5.41) is 0.925. The minimum absolute atomic E-state index is 0.167. The molecule has 0 bridgehead atoms. The molecular formula is C19H20N2O5. The number of fused-ring (bicyclic) bond motifs is 1. The predicted octanol–water partition coefficient (Wildman–Crippen LogP) is 1.80. The van der Waals surface area contributed by atoms with Gasteiger partial charge in [-0.1, -0.05) is 24.3 Å². The molecule has 0 saturated carbocycles. The predicted molar refractivity (Wildman–Crippen MR) is 93.3 cm³/mol. The molecule has 1 aromatic heterocycles. The second kappa shape index (κ2) is 7.95. The number of para-hydroxylation sites is 1. The highest BCUT2D eigenvalue weighted by atomic mass is 16.5. The highest BCUT2D eigenvalue weighted by Crippen LogP contribution is 2.18. The standard InChI is InChI=1S/C19H20N2O5/c1-25-18(23)14-8-10-21(11-9-14)17(22)12-26-19(24)16-7-6-13-4-2-3-5-15(13)20-16/h2-7,14H,8-12H2,1H3. The number of amides is 1. The van der Waals surface area contributed by atoms with Crippen LogP contribution in [-0.2, 0) is 19.1 Å². The maximum atomic E-state index is 12.2. The van der Waals surface area contributed by atoms with Gasteiger partial charge in [0.05, 0.1) is 18.5 Å². The lowest BCUT2D eigenvalue weighted by atomic mass is 9.97. The summed E-state index contributed by atoms with van der Waals surface area (Å²) >= 11 is 0. The van der Waals surface area contributed by atoms with Crippen LogP contribution >= 0.6 is 0 Å². The van der Waals surface area contributed by atoms with Crippen LogP contribution in [0.2, 0.25) is 0 Å². The number of hydrogen-bond donors (Lipinski definition) is 0. The molecular weight excluding hydrogens is 336 g/mol. The highest BCUT2D eigenvalue weighted by Gasteiger charge is 2.28. The number of aromatic nitrogens is 1. The lowest BCUT2D eigenvalue weighted by Gasteiger charge is -2.30. The SMILES string of the molecule is COC(=O)C1CCN(C(=O)COC(=O)c2ccc3ccccc3n2)CC1. The van der Waals surface area contributed by atoms with Gasteiger partial charge in [-0.05, 0) is 25.0 Å². The third-order valence-electron chi connectivity index (χ3n) is 4.52. The lowest BCUT2D eigenvalue weighted by molar-refractivity contribution is -0.149. The molecule has 3 rings (SSSR count). The number of carbonyl (C=O) groups is 3.